The number of aromatic nitrogens is 1. The number of hydrazine groups is 1. The number of amides is 2. The second-order valence-electron chi connectivity index (χ2n) is 5.88. The average Bonchev–Trinajstić information content (AvgIpc) is 3.02. The summed E-state index contributed by atoms with van der Waals surface area (Å²) in [4.78, 5) is 30.3. The zero-order chi connectivity index (χ0) is 17.1. The Labute approximate surface area is 144 Å². The van der Waals surface area contributed by atoms with Gasteiger partial charge in [0.25, 0.3) is 11.8 Å². The van der Waals surface area contributed by atoms with E-state index in [0.717, 1.165) is 19.3 Å². The fourth-order valence-electron chi connectivity index (χ4n) is 2.79. The molecule has 0 aliphatic heterocycles. The lowest BCUT2D eigenvalue weighted by Crippen LogP contribution is -2.41. The topological polar surface area (TPSA) is 80.3 Å². The van der Waals surface area contributed by atoms with Crippen LogP contribution in [0.1, 0.15) is 43.8 Å². The summed E-state index contributed by atoms with van der Waals surface area (Å²) in [5.41, 5.74) is 6.38. The van der Waals surface area contributed by atoms with E-state index in [9.17, 15) is 9.59 Å². The first-order valence-electron chi connectivity index (χ1n) is 7.79. The summed E-state index contributed by atoms with van der Waals surface area (Å²) >= 11 is 1.50. The van der Waals surface area contributed by atoms with Gasteiger partial charge in [-0.05, 0) is 48.9 Å². The van der Waals surface area contributed by atoms with Gasteiger partial charge in [0.1, 0.15) is 5.56 Å². The minimum atomic E-state index is -0.469. The van der Waals surface area contributed by atoms with Crippen molar-refractivity contribution in [1.82, 2.24) is 15.8 Å². The number of aryl methyl sites for hydroxylation is 1. The lowest BCUT2D eigenvalue weighted by molar-refractivity contribution is 0.0846. The molecule has 0 bridgehead atoms. The Bertz CT molecular complexity index is 772. The standard InChI is InChI=1S/C17H19N3O3S/c1-10-5-6-13-11(8-10)9-14(24-13)16(22)20-19-15(21)12-4-3-7-18-17(12)23-2/h3-4,7,9-10H,5-6,8H2,1-2H3,(H,19,21)(H,20,22). The molecule has 7 heteroatoms. The third kappa shape index (κ3) is 3.41. The quantitative estimate of drug-likeness (QED) is 0.837. The third-order valence-electron chi connectivity index (χ3n) is 4.05. The maximum Gasteiger partial charge on any atom is 0.279 e. The van der Waals surface area contributed by atoms with E-state index < -0.39 is 5.91 Å². The van der Waals surface area contributed by atoms with Gasteiger partial charge in [0.15, 0.2) is 0 Å². The van der Waals surface area contributed by atoms with Gasteiger partial charge in [0.2, 0.25) is 5.88 Å². The Morgan fingerprint density at radius 3 is 2.92 bits per heavy atom. The van der Waals surface area contributed by atoms with Crippen LogP contribution < -0.4 is 15.6 Å². The summed E-state index contributed by atoms with van der Waals surface area (Å²) in [7, 11) is 1.44. The predicted molar refractivity (Wildman–Crippen MR) is 91.2 cm³/mol. The molecule has 0 saturated heterocycles. The first kappa shape index (κ1) is 16.4. The molecule has 0 spiro atoms. The molecular formula is C17H19N3O3S. The molecule has 2 heterocycles. The molecule has 126 valence electrons. The maximum atomic E-state index is 12.3. The first-order valence-corrected chi connectivity index (χ1v) is 8.61. The fourth-order valence-corrected chi connectivity index (χ4v) is 3.89. The highest BCUT2D eigenvalue weighted by Gasteiger charge is 2.21. The molecule has 2 aromatic rings. The number of nitrogens with zero attached hydrogens (tertiary/aromatic N) is 1. The Morgan fingerprint density at radius 1 is 1.33 bits per heavy atom. The zero-order valence-corrected chi connectivity index (χ0v) is 14.4. The van der Waals surface area contributed by atoms with E-state index in [1.54, 1.807) is 12.1 Å². The molecule has 24 heavy (non-hydrogen) atoms. The van der Waals surface area contributed by atoms with Crippen LogP contribution in [-0.4, -0.2) is 23.9 Å². The Hall–Kier alpha value is -2.41. The number of methoxy groups -OCH3 is 1. The van der Waals surface area contributed by atoms with Crippen molar-refractivity contribution in [2.45, 2.75) is 26.2 Å². The molecule has 6 nitrogen and oxygen atoms in total. The number of hydrogen-bond donors (Lipinski definition) is 2. The van der Waals surface area contributed by atoms with E-state index in [2.05, 4.69) is 22.8 Å². The summed E-state index contributed by atoms with van der Waals surface area (Å²) < 4.78 is 5.04. The number of ether oxygens (including phenoxy) is 1. The van der Waals surface area contributed by atoms with E-state index in [1.165, 1.54) is 35.1 Å². The van der Waals surface area contributed by atoms with E-state index in [-0.39, 0.29) is 17.4 Å². The van der Waals surface area contributed by atoms with Crippen molar-refractivity contribution >= 4 is 23.2 Å². The van der Waals surface area contributed by atoms with Crippen molar-refractivity contribution in [2.24, 2.45) is 5.92 Å². The van der Waals surface area contributed by atoms with Crippen LogP contribution in [0, 0.1) is 5.92 Å². The molecule has 1 unspecified atom stereocenters. The first-order chi connectivity index (χ1) is 11.6. The SMILES string of the molecule is COc1ncccc1C(=O)NNC(=O)c1cc2c(s1)CCC(C)C2. The highest BCUT2D eigenvalue weighted by atomic mass is 32.1. The van der Waals surface area contributed by atoms with Crippen LogP contribution in [0.15, 0.2) is 24.4 Å². The van der Waals surface area contributed by atoms with Crippen molar-refractivity contribution in [1.29, 1.82) is 0 Å². The largest absolute Gasteiger partial charge is 0.480 e. The molecule has 3 rings (SSSR count). The molecule has 2 amide bonds. The number of thiophene rings is 1. The molecular weight excluding hydrogens is 326 g/mol. The molecule has 0 fully saturated rings. The van der Waals surface area contributed by atoms with Crippen molar-refractivity contribution in [3.63, 3.8) is 0 Å². The summed E-state index contributed by atoms with van der Waals surface area (Å²) in [6.07, 6.45) is 4.73. The van der Waals surface area contributed by atoms with Crippen LogP contribution in [-0.2, 0) is 12.8 Å². The Balaban J connectivity index is 1.64. The van der Waals surface area contributed by atoms with Crippen molar-refractivity contribution in [2.75, 3.05) is 7.11 Å². The monoisotopic (exact) mass is 345 g/mol. The van der Waals surface area contributed by atoms with Gasteiger partial charge in [-0.1, -0.05) is 6.92 Å². The van der Waals surface area contributed by atoms with Gasteiger partial charge in [0.05, 0.1) is 12.0 Å². The fraction of sp³-hybridized carbons (Fsp3) is 0.353. The van der Waals surface area contributed by atoms with Crippen LogP contribution in [0.2, 0.25) is 0 Å². The molecule has 0 radical (unpaired) electrons. The second-order valence-corrected chi connectivity index (χ2v) is 7.01. The number of carbonyl (C=O) groups is 2. The number of nitrogens with one attached hydrogen (secondary N) is 2. The van der Waals surface area contributed by atoms with Gasteiger partial charge in [0, 0.05) is 11.1 Å². The second kappa shape index (κ2) is 7.00. The number of pyridine rings is 1. The lowest BCUT2D eigenvalue weighted by Gasteiger charge is -2.16. The number of fused-ring (bicyclic) bond motifs is 1. The van der Waals surface area contributed by atoms with Gasteiger partial charge in [-0.15, -0.1) is 11.3 Å². The summed E-state index contributed by atoms with van der Waals surface area (Å²) in [5.74, 6) is 0.0899. The maximum absolute atomic E-state index is 12.3. The van der Waals surface area contributed by atoms with E-state index in [0.29, 0.717) is 10.8 Å². The number of carbonyl (C=O) groups excluding carboxylic acids is 2. The smallest absolute Gasteiger partial charge is 0.279 e. The normalized spacial score (nSPS) is 16.2. The summed E-state index contributed by atoms with van der Waals surface area (Å²) in [6, 6.07) is 5.15. The average molecular weight is 345 g/mol. The van der Waals surface area contributed by atoms with Crippen LogP contribution >= 0.6 is 11.3 Å². The number of hydrogen-bond acceptors (Lipinski definition) is 5. The predicted octanol–water partition coefficient (Wildman–Crippen LogP) is 2.35. The van der Waals surface area contributed by atoms with Crippen LogP contribution in [0.4, 0.5) is 0 Å². The molecule has 1 aliphatic rings. The highest BCUT2D eigenvalue weighted by Crippen LogP contribution is 2.32. The third-order valence-corrected chi connectivity index (χ3v) is 5.29. The molecule has 0 aromatic carbocycles. The molecule has 0 saturated carbocycles. The Morgan fingerprint density at radius 2 is 2.12 bits per heavy atom. The summed E-state index contributed by atoms with van der Waals surface area (Å²) in [6.45, 7) is 2.22. The Kier molecular flexibility index (Phi) is 4.80. The lowest BCUT2D eigenvalue weighted by atomic mass is 9.90. The molecule has 2 N–H and O–H groups in total. The molecule has 1 atom stereocenters. The van der Waals surface area contributed by atoms with Crippen LogP contribution in [0.5, 0.6) is 5.88 Å². The minimum Gasteiger partial charge on any atom is -0.480 e. The minimum absolute atomic E-state index is 0.213. The van der Waals surface area contributed by atoms with Gasteiger partial charge < -0.3 is 4.74 Å². The van der Waals surface area contributed by atoms with Crippen LogP contribution in [0.3, 0.4) is 0 Å². The molecule has 2 aromatic heterocycles. The highest BCUT2D eigenvalue weighted by molar-refractivity contribution is 7.14. The van der Waals surface area contributed by atoms with Gasteiger partial charge >= 0.3 is 0 Å². The van der Waals surface area contributed by atoms with Gasteiger partial charge in [-0.25, -0.2) is 4.98 Å². The van der Waals surface area contributed by atoms with Gasteiger partial charge in [-0.3, -0.25) is 20.4 Å². The van der Waals surface area contributed by atoms with Crippen molar-refractivity contribution in [3.05, 3.63) is 45.3 Å². The van der Waals surface area contributed by atoms with Crippen LogP contribution in [0.25, 0.3) is 0 Å². The van der Waals surface area contributed by atoms with E-state index >= 15 is 0 Å². The summed E-state index contributed by atoms with van der Waals surface area (Å²) in [5, 5.41) is 0. The number of rotatable bonds is 3. The van der Waals surface area contributed by atoms with Gasteiger partial charge in [-0.2, -0.15) is 0 Å². The van der Waals surface area contributed by atoms with Crippen molar-refractivity contribution in [3.8, 4) is 5.88 Å². The zero-order valence-electron chi connectivity index (χ0n) is 13.6. The van der Waals surface area contributed by atoms with E-state index in [1.807, 2.05) is 6.07 Å². The van der Waals surface area contributed by atoms with Crippen molar-refractivity contribution < 1.29 is 14.3 Å². The van der Waals surface area contributed by atoms with E-state index in [4.69, 9.17) is 4.74 Å². The molecule has 1 aliphatic carbocycles.